The molecule has 0 unspecified atom stereocenters. The zero-order chi connectivity index (χ0) is 8.39. The number of aromatic nitrogens is 1. The van der Waals surface area contributed by atoms with Crippen LogP contribution in [0.3, 0.4) is 0 Å². The molecule has 2 N–H and O–H groups in total. The lowest BCUT2D eigenvalue weighted by Crippen LogP contribution is -2.16. The fourth-order valence-corrected chi connectivity index (χ4v) is 1.45. The molecule has 2 heterocycles. The third-order valence-electron chi connectivity index (χ3n) is 1.84. The van der Waals surface area contributed by atoms with E-state index in [0.717, 1.165) is 31.0 Å². The summed E-state index contributed by atoms with van der Waals surface area (Å²) in [5.41, 5.74) is 1.14. The van der Waals surface area contributed by atoms with Crippen molar-refractivity contribution in [2.24, 2.45) is 0 Å². The average molecular weight is 184 g/mol. The van der Waals surface area contributed by atoms with Gasteiger partial charge in [0.05, 0.1) is 5.02 Å². The molecule has 0 atom stereocenters. The number of nitrogens with zero attached hydrogens (tertiary/aromatic N) is 1. The first-order valence-corrected chi connectivity index (χ1v) is 4.33. The van der Waals surface area contributed by atoms with E-state index in [-0.39, 0.29) is 0 Å². The maximum absolute atomic E-state index is 5.81. The van der Waals surface area contributed by atoms with Crippen molar-refractivity contribution >= 4 is 17.4 Å². The van der Waals surface area contributed by atoms with Crippen molar-refractivity contribution in [2.45, 2.75) is 6.54 Å². The lowest BCUT2D eigenvalue weighted by atomic mass is 10.2. The molecule has 0 radical (unpaired) electrons. The molecule has 3 nitrogen and oxygen atoms in total. The lowest BCUT2D eigenvalue weighted by Gasteiger charge is -2.04. The van der Waals surface area contributed by atoms with Crippen LogP contribution < -0.4 is 10.6 Å². The minimum absolute atomic E-state index is 0.694. The molecule has 1 aliphatic heterocycles. The average Bonchev–Trinajstić information content (AvgIpc) is 2.28. The van der Waals surface area contributed by atoms with Crippen LogP contribution >= 0.6 is 11.6 Å². The van der Waals surface area contributed by atoms with Gasteiger partial charge in [-0.25, -0.2) is 4.98 Å². The molecular formula is C8H10ClN3. The zero-order valence-corrected chi connectivity index (χ0v) is 7.36. The predicted octanol–water partition coefficient (Wildman–Crippen LogP) is 1.25. The molecule has 0 fully saturated rings. The van der Waals surface area contributed by atoms with Crippen LogP contribution in [0.1, 0.15) is 5.56 Å². The zero-order valence-electron chi connectivity index (χ0n) is 6.60. The molecule has 12 heavy (non-hydrogen) atoms. The van der Waals surface area contributed by atoms with Crippen LogP contribution in [0.15, 0.2) is 12.3 Å². The van der Waals surface area contributed by atoms with Crippen molar-refractivity contribution in [3.8, 4) is 0 Å². The van der Waals surface area contributed by atoms with Gasteiger partial charge in [-0.15, -0.1) is 0 Å². The predicted molar refractivity (Wildman–Crippen MR) is 49.4 cm³/mol. The van der Waals surface area contributed by atoms with Crippen LogP contribution in [0.2, 0.25) is 5.02 Å². The maximum Gasteiger partial charge on any atom is 0.130 e. The molecule has 0 bridgehead atoms. The second kappa shape index (κ2) is 3.29. The Balaban J connectivity index is 2.36. The summed E-state index contributed by atoms with van der Waals surface area (Å²) in [4.78, 5) is 4.20. The fraction of sp³-hybridized carbons (Fsp3) is 0.375. The van der Waals surface area contributed by atoms with Crippen molar-refractivity contribution in [1.29, 1.82) is 0 Å². The van der Waals surface area contributed by atoms with Crippen LogP contribution in [0, 0.1) is 0 Å². The fourth-order valence-electron chi connectivity index (χ4n) is 1.27. The van der Waals surface area contributed by atoms with E-state index < -0.39 is 0 Å². The first-order chi connectivity index (χ1) is 5.86. The molecule has 0 spiro atoms. The highest BCUT2D eigenvalue weighted by Crippen LogP contribution is 2.17. The molecule has 1 aliphatic rings. The van der Waals surface area contributed by atoms with E-state index in [9.17, 15) is 0 Å². The summed E-state index contributed by atoms with van der Waals surface area (Å²) in [6.45, 7) is 2.73. The van der Waals surface area contributed by atoms with Gasteiger partial charge >= 0.3 is 0 Å². The Labute approximate surface area is 76.1 Å². The van der Waals surface area contributed by atoms with Gasteiger partial charge in [-0.2, -0.15) is 0 Å². The van der Waals surface area contributed by atoms with Gasteiger partial charge < -0.3 is 10.6 Å². The number of rotatable bonds is 0. The highest BCUT2D eigenvalue weighted by Gasteiger charge is 2.07. The summed E-state index contributed by atoms with van der Waals surface area (Å²) in [6.07, 6.45) is 1.67. The SMILES string of the molecule is Clc1cnc2c(c1)CNCCN2. The number of pyridine rings is 1. The summed E-state index contributed by atoms with van der Waals surface area (Å²) < 4.78 is 0. The van der Waals surface area contributed by atoms with Gasteiger partial charge in [0.25, 0.3) is 0 Å². The molecule has 1 aromatic rings. The quantitative estimate of drug-likeness (QED) is 0.636. The van der Waals surface area contributed by atoms with Crippen LogP contribution in [0.4, 0.5) is 5.82 Å². The van der Waals surface area contributed by atoms with E-state index in [4.69, 9.17) is 11.6 Å². The lowest BCUT2D eigenvalue weighted by molar-refractivity contribution is 0.725. The van der Waals surface area contributed by atoms with Crippen molar-refractivity contribution in [3.63, 3.8) is 0 Å². The molecule has 0 saturated carbocycles. The third kappa shape index (κ3) is 1.52. The van der Waals surface area contributed by atoms with Crippen LogP contribution in [-0.4, -0.2) is 18.1 Å². The molecule has 4 heteroatoms. The standard InChI is InChI=1S/C8H10ClN3/c9-7-3-6-4-10-1-2-11-8(6)12-5-7/h3,5,10H,1-2,4H2,(H,11,12). The minimum Gasteiger partial charge on any atom is -0.369 e. The molecule has 0 saturated heterocycles. The molecular weight excluding hydrogens is 174 g/mol. The van der Waals surface area contributed by atoms with Gasteiger partial charge in [0.1, 0.15) is 5.82 Å². The molecule has 64 valence electrons. The summed E-state index contributed by atoms with van der Waals surface area (Å²) in [5, 5.41) is 7.18. The van der Waals surface area contributed by atoms with E-state index in [1.807, 2.05) is 6.07 Å². The Morgan fingerprint density at radius 3 is 3.25 bits per heavy atom. The largest absolute Gasteiger partial charge is 0.369 e. The number of anilines is 1. The number of nitrogens with one attached hydrogen (secondary N) is 2. The monoisotopic (exact) mass is 183 g/mol. The number of hydrogen-bond donors (Lipinski definition) is 2. The second-order valence-corrected chi connectivity index (χ2v) is 3.20. The Hall–Kier alpha value is -0.800. The topological polar surface area (TPSA) is 37.0 Å². The minimum atomic E-state index is 0.694. The van der Waals surface area contributed by atoms with Crippen molar-refractivity contribution < 1.29 is 0 Å². The van der Waals surface area contributed by atoms with Gasteiger partial charge in [-0.05, 0) is 6.07 Å². The first-order valence-electron chi connectivity index (χ1n) is 3.95. The molecule has 0 aromatic carbocycles. The highest BCUT2D eigenvalue weighted by atomic mass is 35.5. The summed E-state index contributed by atoms with van der Waals surface area (Å²) in [6, 6.07) is 1.94. The normalized spacial score (nSPS) is 16.1. The highest BCUT2D eigenvalue weighted by molar-refractivity contribution is 6.30. The maximum atomic E-state index is 5.81. The van der Waals surface area contributed by atoms with Gasteiger partial charge in [-0.3, -0.25) is 0 Å². The van der Waals surface area contributed by atoms with Gasteiger partial charge in [0.2, 0.25) is 0 Å². The Kier molecular flexibility index (Phi) is 2.15. The van der Waals surface area contributed by atoms with Gasteiger partial charge in [0, 0.05) is 31.4 Å². The Morgan fingerprint density at radius 1 is 1.42 bits per heavy atom. The van der Waals surface area contributed by atoms with E-state index in [1.165, 1.54) is 0 Å². The number of halogens is 1. The number of hydrogen-bond acceptors (Lipinski definition) is 3. The summed E-state index contributed by atoms with van der Waals surface area (Å²) in [5.74, 6) is 0.949. The third-order valence-corrected chi connectivity index (χ3v) is 2.05. The van der Waals surface area contributed by atoms with Gasteiger partial charge in [-0.1, -0.05) is 11.6 Å². The van der Waals surface area contributed by atoms with E-state index in [0.29, 0.717) is 5.02 Å². The van der Waals surface area contributed by atoms with E-state index in [2.05, 4.69) is 15.6 Å². The van der Waals surface area contributed by atoms with E-state index >= 15 is 0 Å². The van der Waals surface area contributed by atoms with Crippen molar-refractivity contribution in [2.75, 3.05) is 18.4 Å². The summed E-state index contributed by atoms with van der Waals surface area (Å²) in [7, 11) is 0. The van der Waals surface area contributed by atoms with Crippen molar-refractivity contribution in [1.82, 2.24) is 10.3 Å². The smallest absolute Gasteiger partial charge is 0.130 e. The first kappa shape index (κ1) is 7.83. The molecule has 0 aliphatic carbocycles. The van der Waals surface area contributed by atoms with Gasteiger partial charge in [0.15, 0.2) is 0 Å². The Bertz CT molecular complexity index is 288. The molecule has 1 aromatic heterocycles. The Morgan fingerprint density at radius 2 is 2.33 bits per heavy atom. The molecule has 0 amide bonds. The summed E-state index contributed by atoms with van der Waals surface area (Å²) >= 11 is 5.81. The van der Waals surface area contributed by atoms with E-state index in [1.54, 1.807) is 6.20 Å². The van der Waals surface area contributed by atoms with Crippen LogP contribution in [0.5, 0.6) is 0 Å². The van der Waals surface area contributed by atoms with Crippen LogP contribution in [0.25, 0.3) is 0 Å². The van der Waals surface area contributed by atoms with Crippen LogP contribution in [-0.2, 0) is 6.54 Å². The molecule has 2 rings (SSSR count). The van der Waals surface area contributed by atoms with Crippen molar-refractivity contribution in [3.05, 3.63) is 22.8 Å². The number of fused-ring (bicyclic) bond motifs is 1. The second-order valence-electron chi connectivity index (χ2n) is 2.76.